The van der Waals surface area contributed by atoms with Gasteiger partial charge in [-0.05, 0) is 92.4 Å². The van der Waals surface area contributed by atoms with Crippen LogP contribution in [0.5, 0.6) is 0 Å². The molecule has 3 aliphatic heterocycles. The van der Waals surface area contributed by atoms with Gasteiger partial charge in [0.25, 0.3) is 5.91 Å². The van der Waals surface area contributed by atoms with Crippen LogP contribution in [0.25, 0.3) is 5.57 Å². The van der Waals surface area contributed by atoms with Crippen LogP contribution in [-0.2, 0) is 19.9 Å². The van der Waals surface area contributed by atoms with E-state index in [4.69, 9.17) is 4.74 Å². The molecule has 10 nitrogen and oxygen atoms in total. The third-order valence-electron chi connectivity index (χ3n) is 15.2. The first-order chi connectivity index (χ1) is 36.0. The number of carbonyl (C=O) groups excluding carboxylic acids is 3. The Bertz CT molecular complexity index is 3430. The van der Waals surface area contributed by atoms with Crippen molar-refractivity contribution in [2.75, 3.05) is 91.8 Å². The normalized spacial score (nSPS) is 15.7. The number of nitrogens with zero attached hydrogens (tertiary/aromatic N) is 5. The molecule has 0 saturated carbocycles. The minimum atomic E-state index is -2.51. The summed E-state index contributed by atoms with van der Waals surface area (Å²) in [6, 6.07) is 17.8. The molecule has 0 N–H and O–H groups in total. The van der Waals surface area contributed by atoms with Gasteiger partial charge in [-0.1, -0.05) is 44.4 Å². The number of hydrogen-bond donors (Lipinski definition) is 0. The van der Waals surface area contributed by atoms with Crippen molar-refractivity contribution in [2.45, 2.75) is 44.6 Å². The number of hydrogen-bond acceptors (Lipinski definition) is 8. The predicted octanol–water partition coefficient (Wildman–Crippen LogP) is 8.65. The molecule has 1 aliphatic carbocycles. The van der Waals surface area contributed by atoms with Crippen LogP contribution in [0.15, 0.2) is 89.7 Å². The second-order valence-corrected chi connectivity index (χ2v) is 30.2. The van der Waals surface area contributed by atoms with Crippen molar-refractivity contribution < 1.29 is 59.2 Å². The number of amides is 1. The Morgan fingerprint density at radius 3 is 1.71 bits per heavy atom. The summed E-state index contributed by atoms with van der Waals surface area (Å²) in [5, 5.41) is 3.75. The summed E-state index contributed by atoms with van der Waals surface area (Å²) >= 11 is 0. The van der Waals surface area contributed by atoms with E-state index in [1.165, 1.54) is 19.1 Å². The van der Waals surface area contributed by atoms with Crippen molar-refractivity contribution in [3.8, 4) is 0 Å². The van der Waals surface area contributed by atoms with E-state index in [-0.39, 0.29) is 24.9 Å². The summed E-state index contributed by atoms with van der Waals surface area (Å²) in [4.78, 5) is 45.3. The van der Waals surface area contributed by atoms with Crippen molar-refractivity contribution >= 4 is 77.9 Å². The lowest BCUT2D eigenvalue weighted by molar-refractivity contribution is -0.462. The third kappa shape index (κ3) is 9.07. The first kappa shape index (κ1) is 56.0. The second kappa shape index (κ2) is 20.3. The molecule has 77 heavy (non-hydrogen) atoms. The van der Waals surface area contributed by atoms with Gasteiger partial charge in [-0.3, -0.25) is 9.59 Å². The van der Waals surface area contributed by atoms with Crippen molar-refractivity contribution in [1.29, 1.82) is 0 Å². The third-order valence-corrected chi connectivity index (χ3v) is 22.3. The van der Waals surface area contributed by atoms with E-state index in [1.807, 2.05) is 112 Å². The van der Waals surface area contributed by atoms with Crippen molar-refractivity contribution in [1.82, 2.24) is 4.90 Å². The molecule has 1 amide bonds. The molecule has 1 spiro atoms. The molecular weight excluding hydrogens is 1040 g/mol. The lowest BCUT2D eigenvalue weighted by atomic mass is 9.78. The zero-order valence-corrected chi connectivity index (χ0v) is 47.5. The number of halogens is 7. The highest BCUT2D eigenvalue weighted by atomic mass is 28.3. The highest BCUT2D eigenvalue weighted by Crippen LogP contribution is 2.52. The average molecular weight is 1100 g/mol. The zero-order chi connectivity index (χ0) is 56.7. The minimum Gasteiger partial charge on any atom is -0.469 e. The number of ether oxygens (including phenoxy) is 2. The maximum atomic E-state index is 15.7. The van der Waals surface area contributed by atoms with Crippen LogP contribution in [0.1, 0.15) is 61.4 Å². The summed E-state index contributed by atoms with van der Waals surface area (Å²) < 4.78 is 117. The fourth-order valence-electron chi connectivity index (χ4n) is 10.9. The van der Waals surface area contributed by atoms with Crippen LogP contribution in [0, 0.1) is 40.7 Å². The molecular formula is C58H61F7N5O5Si2+. The predicted molar refractivity (Wildman–Crippen MR) is 293 cm³/mol. The maximum Gasteiger partial charge on any atom is 0.343 e. The van der Waals surface area contributed by atoms with Gasteiger partial charge < -0.3 is 29.1 Å². The SMILES string of the molecule is CN(C)c1ccc2c(c1)[Si](C)(C)c1cc(N(C)C)ccc1C21OC(=O)c2c(F)c(F)c(F)c(F)c21.COC(=O)CCCN(C)C(=O)c1c(C2=C3C=CC(=[N+](C)C)C=C3[Si](C)(C)c3cc(N(C)C)ccc32)cc(F)c(F)c1F. The van der Waals surface area contributed by atoms with E-state index < -0.39 is 97.0 Å². The number of allylic oxidation sites excluding steroid dienone is 5. The summed E-state index contributed by atoms with van der Waals surface area (Å²) in [5.74, 6) is -14.5. The highest BCUT2D eigenvalue weighted by molar-refractivity contribution is 7.01. The topological polar surface area (TPSA) is 85.6 Å². The van der Waals surface area contributed by atoms with Crippen LogP contribution in [0.3, 0.4) is 0 Å². The molecule has 0 fully saturated rings. The molecule has 0 aromatic heterocycles. The maximum absolute atomic E-state index is 15.7. The standard InChI is InChI=1S/C32H37F3N3O3Si.C26H24F4N2O2Si/c1-36(2)19-11-13-21-25(16-19)42(7,8)26-17-20(37(3)4)12-14-22(26)28(21)23-18-24(33)30(34)31(35)29(23)32(40)38(5)15-9-10-27(39)41-6;1-31(2)13-7-9-15-17(11-13)35(5,6)18-12-14(32(3)4)8-10-16(18)26(15)20-19(25(33)34-26)21(27)23(29)24(30)22(20)28/h11-14,16-18H,9-10,15H2,1-8H3;7-12H,1-6H3/q+1;. The Morgan fingerprint density at radius 2 is 1.18 bits per heavy atom. The van der Waals surface area contributed by atoms with Gasteiger partial charge in [0, 0.05) is 108 Å². The monoisotopic (exact) mass is 1100 g/mol. The van der Waals surface area contributed by atoms with Gasteiger partial charge in [0.15, 0.2) is 52.0 Å². The van der Waals surface area contributed by atoms with Gasteiger partial charge in [0.2, 0.25) is 0 Å². The van der Waals surface area contributed by atoms with E-state index in [9.17, 15) is 31.9 Å². The Kier molecular flexibility index (Phi) is 14.7. The van der Waals surface area contributed by atoms with Crippen LogP contribution in [-0.4, -0.2) is 126 Å². The van der Waals surface area contributed by atoms with Gasteiger partial charge >= 0.3 is 11.9 Å². The number of carbonyl (C=O) groups is 3. The zero-order valence-electron chi connectivity index (χ0n) is 45.5. The average Bonchev–Trinajstić information content (AvgIpc) is 3.82. The summed E-state index contributed by atoms with van der Waals surface area (Å²) in [5.41, 5.74) is 2.50. The number of esters is 2. The van der Waals surface area contributed by atoms with Gasteiger partial charge in [-0.15, -0.1) is 0 Å². The lowest BCUT2D eigenvalue weighted by Gasteiger charge is -2.44. The van der Waals surface area contributed by atoms with Crippen molar-refractivity contribution in [3.05, 3.63) is 169 Å². The molecule has 0 atom stereocenters. The Hall–Kier alpha value is -7.26. The molecule has 0 unspecified atom stereocenters. The fourth-order valence-corrected chi connectivity index (χ4v) is 17.1. The quantitative estimate of drug-likeness (QED) is 0.0363. The Balaban J connectivity index is 0.000000207. The van der Waals surface area contributed by atoms with E-state index in [0.717, 1.165) is 60.7 Å². The van der Waals surface area contributed by atoms with Gasteiger partial charge in [0.1, 0.15) is 35.8 Å². The molecule has 3 heterocycles. The van der Waals surface area contributed by atoms with E-state index in [2.05, 4.69) is 43.1 Å². The van der Waals surface area contributed by atoms with Crippen LogP contribution in [0.2, 0.25) is 26.2 Å². The first-order valence-corrected chi connectivity index (χ1v) is 30.8. The van der Waals surface area contributed by atoms with Gasteiger partial charge in [0.05, 0.1) is 18.2 Å². The van der Waals surface area contributed by atoms with Crippen LogP contribution >= 0.6 is 0 Å². The van der Waals surface area contributed by atoms with Crippen molar-refractivity contribution in [2.24, 2.45) is 0 Å². The van der Waals surface area contributed by atoms with Crippen molar-refractivity contribution in [3.63, 3.8) is 0 Å². The fraction of sp³-hybridized carbons (Fsp3) is 0.310. The molecule has 0 radical (unpaired) electrons. The number of benzene rings is 5. The smallest absolute Gasteiger partial charge is 0.343 e. The number of anilines is 3. The van der Waals surface area contributed by atoms with Gasteiger partial charge in [-0.2, -0.15) is 0 Å². The molecule has 5 aromatic rings. The summed E-state index contributed by atoms with van der Waals surface area (Å²) in [6.07, 6.45) is 6.27. The van der Waals surface area contributed by atoms with E-state index >= 15 is 13.2 Å². The molecule has 19 heteroatoms. The Morgan fingerprint density at radius 1 is 0.649 bits per heavy atom. The lowest BCUT2D eigenvalue weighted by Crippen LogP contribution is -2.63. The van der Waals surface area contributed by atoms with Crippen LogP contribution < -0.4 is 30.3 Å². The largest absolute Gasteiger partial charge is 0.469 e. The molecule has 9 rings (SSSR count). The minimum absolute atomic E-state index is 0.0153. The van der Waals surface area contributed by atoms with E-state index in [0.29, 0.717) is 16.7 Å². The molecule has 404 valence electrons. The molecule has 4 aliphatic rings. The molecule has 0 bridgehead atoms. The molecule has 0 saturated heterocycles. The molecule has 5 aromatic carbocycles. The van der Waals surface area contributed by atoms with Gasteiger partial charge in [-0.25, -0.2) is 40.1 Å². The number of methoxy groups -OCH3 is 1. The number of rotatable bonds is 9. The number of fused-ring (bicyclic) bond motifs is 8. The highest BCUT2D eigenvalue weighted by Gasteiger charge is 2.59. The summed E-state index contributed by atoms with van der Waals surface area (Å²) in [6.45, 7) is 8.79. The van der Waals surface area contributed by atoms with E-state index in [1.54, 1.807) is 24.3 Å². The Labute approximate surface area is 446 Å². The summed E-state index contributed by atoms with van der Waals surface area (Å²) in [7, 11) is 13.1. The van der Waals surface area contributed by atoms with Crippen LogP contribution in [0.4, 0.5) is 47.8 Å². The first-order valence-electron chi connectivity index (χ1n) is 24.8. The second-order valence-electron chi connectivity index (χ2n) is 21.5.